The van der Waals surface area contributed by atoms with Crippen molar-refractivity contribution >= 4 is 5.97 Å². The molecule has 6 heteroatoms. The van der Waals surface area contributed by atoms with Crippen molar-refractivity contribution in [3.05, 3.63) is 29.3 Å². The van der Waals surface area contributed by atoms with Crippen LogP contribution >= 0.6 is 0 Å². The van der Waals surface area contributed by atoms with E-state index in [2.05, 4.69) is 22.9 Å². The molecule has 3 saturated heterocycles. The van der Waals surface area contributed by atoms with Crippen LogP contribution in [0, 0.1) is 5.92 Å². The van der Waals surface area contributed by atoms with Crippen LogP contribution in [-0.4, -0.2) is 66.0 Å². The quantitative estimate of drug-likeness (QED) is 0.876. The van der Waals surface area contributed by atoms with E-state index >= 15 is 0 Å². The highest BCUT2D eigenvalue weighted by Gasteiger charge is 2.62. The third-order valence-corrected chi connectivity index (χ3v) is 6.54. The summed E-state index contributed by atoms with van der Waals surface area (Å²) >= 11 is 0. The summed E-state index contributed by atoms with van der Waals surface area (Å²) in [5.41, 5.74) is 2.50. The van der Waals surface area contributed by atoms with Crippen LogP contribution in [0.2, 0.25) is 0 Å². The largest absolute Gasteiger partial charge is 0.496 e. The second kappa shape index (κ2) is 4.94. The van der Waals surface area contributed by atoms with E-state index in [4.69, 9.17) is 9.47 Å². The Kier molecular flexibility index (Phi) is 3.02. The Balaban J connectivity index is 1.64. The zero-order valence-electron chi connectivity index (χ0n) is 13.9. The molecule has 4 heterocycles. The predicted octanol–water partition coefficient (Wildman–Crippen LogP) is 1.11. The second-order valence-electron chi connectivity index (χ2n) is 7.40. The maximum Gasteiger partial charge on any atom is 0.308 e. The number of methoxy groups -OCH3 is 1. The van der Waals surface area contributed by atoms with Gasteiger partial charge in [-0.05, 0) is 31.5 Å². The SMILES string of the molecule is COc1cccc2c1[C@H]1CO[C@H]3[C@H]4C[C@H](C(=O)O)[C@@H]([C@@H](C2)N13)N4C. The molecule has 6 nitrogen and oxygen atoms in total. The number of rotatable bonds is 2. The molecule has 4 aliphatic heterocycles. The van der Waals surface area contributed by atoms with Gasteiger partial charge in [-0.15, -0.1) is 0 Å². The van der Waals surface area contributed by atoms with Gasteiger partial charge in [-0.3, -0.25) is 14.6 Å². The minimum absolute atomic E-state index is 0.0105. The fourth-order valence-electron chi connectivity index (χ4n) is 5.63. The highest BCUT2D eigenvalue weighted by molar-refractivity contribution is 5.72. The van der Waals surface area contributed by atoms with E-state index in [-0.39, 0.29) is 36.3 Å². The molecule has 0 saturated carbocycles. The average molecular weight is 330 g/mol. The zero-order chi connectivity index (χ0) is 16.6. The number of carbonyl (C=O) groups is 1. The van der Waals surface area contributed by atoms with Crippen molar-refractivity contribution in [3.63, 3.8) is 0 Å². The molecular weight excluding hydrogens is 308 g/mol. The number of hydrogen-bond acceptors (Lipinski definition) is 5. The van der Waals surface area contributed by atoms with Gasteiger partial charge < -0.3 is 14.6 Å². The first-order valence-corrected chi connectivity index (χ1v) is 8.61. The number of hydrogen-bond donors (Lipinski definition) is 1. The summed E-state index contributed by atoms with van der Waals surface area (Å²) in [6.07, 6.45) is 1.52. The molecule has 128 valence electrons. The topological polar surface area (TPSA) is 62.2 Å². The first kappa shape index (κ1) is 14.7. The highest BCUT2D eigenvalue weighted by atomic mass is 16.5. The molecule has 0 spiro atoms. The lowest BCUT2D eigenvalue weighted by Crippen LogP contribution is -2.64. The number of ether oxygens (including phenoxy) is 2. The van der Waals surface area contributed by atoms with Gasteiger partial charge in [0.25, 0.3) is 0 Å². The van der Waals surface area contributed by atoms with Crippen molar-refractivity contribution in [1.82, 2.24) is 9.80 Å². The summed E-state index contributed by atoms with van der Waals surface area (Å²) in [7, 11) is 3.77. The molecule has 24 heavy (non-hydrogen) atoms. The van der Waals surface area contributed by atoms with Gasteiger partial charge in [0.15, 0.2) is 0 Å². The maximum atomic E-state index is 11.8. The normalized spacial score (nSPS) is 40.2. The van der Waals surface area contributed by atoms with Gasteiger partial charge in [-0.2, -0.15) is 0 Å². The van der Waals surface area contributed by atoms with E-state index in [1.807, 2.05) is 12.1 Å². The molecule has 0 aromatic heterocycles. The summed E-state index contributed by atoms with van der Waals surface area (Å²) in [5, 5.41) is 9.71. The first-order valence-electron chi connectivity index (χ1n) is 8.61. The monoisotopic (exact) mass is 330 g/mol. The Morgan fingerprint density at radius 3 is 2.96 bits per heavy atom. The number of carboxylic acid groups (broad SMARTS) is 1. The lowest BCUT2D eigenvalue weighted by atomic mass is 9.82. The van der Waals surface area contributed by atoms with Crippen molar-refractivity contribution in [2.24, 2.45) is 5.92 Å². The van der Waals surface area contributed by atoms with Crippen molar-refractivity contribution < 1.29 is 19.4 Å². The van der Waals surface area contributed by atoms with Crippen LogP contribution < -0.4 is 4.74 Å². The third kappa shape index (κ3) is 1.68. The van der Waals surface area contributed by atoms with Gasteiger partial charge in [0.05, 0.1) is 31.7 Å². The molecule has 1 aromatic rings. The Labute approximate surface area is 140 Å². The molecule has 4 aliphatic rings. The third-order valence-electron chi connectivity index (χ3n) is 6.54. The summed E-state index contributed by atoms with van der Waals surface area (Å²) in [5.74, 6) is -0.0724. The fraction of sp³-hybridized carbons (Fsp3) is 0.611. The number of likely N-dealkylation sites (N-methyl/N-ethyl adjacent to an activating group) is 1. The fourth-order valence-corrected chi connectivity index (χ4v) is 5.63. The molecule has 5 rings (SSSR count). The Hall–Kier alpha value is -1.63. The van der Waals surface area contributed by atoms with Crippen LogP contribution in [0.4, 0.5) is 0 Å². The number of fused-ring (bicyclic) bond motifs is 6. The smallest absolute Gasteiger partial charge is 0.308 e. The molecule has 1 aromatic carbocycles. The van der Waals surface area contributed by atoms with E-state index in [9.17, 15) is 9.90 Å². The van der Waals surface area contributed by atoms with Gasteiger partial charge in [-0.1, -0.05) is 12.1 Å². The first-order chi connectivity index (χ1) is 11.6. The number of carboxylic acids is 1. The number of piperazine rings is 1. The van der Waals surface area contributed by atoms with Crippen molar-refractivity contribution in [1.29, 1.82) is 0 Å². The summed E-state index contributed by atoms with van der Waals surface area (Å²) in [4.78, 5) is 16.5. The summed E-state index contributed by atoms with van der Waals surface area (Å²) < 4.78 is 11.8. The number of nitrogens with zero attached hydrogens (tertiary/aromatic N) is 2. The molecule has 0 unspecified atom stereocenters. The molecular formula is C18H22N2O4. The molecule has 6 atom stereocenters. The molecule has 0 radical (unpaired) electrons. The predicted molar refractivity (Wildman–Crippen MR) is 85.9 cm³/mol. The van der Waals surface area contributed by atoms with Gasteiger partial charge in [0.2, 0.25) is 0 Å². The summed E-state index contributed by atoms with van der Waals surface area (Å²) in [6, 6.07) is 6.76. The molecule has 0 amide bonds. The summed E-state index contributed by atoms with van der Waals surface area (Å²) in [6.45, 7) is 0.656. The van der Waals surface area contributed by atoms with Crippen molar-refractivity contribution in [2.75, 3.05) is 20.8 Å². The van der Waals surface area contributed by atoms with Crippen LogP contribution in [0.3, 0.4) is 0 Å². The van der Waals surface area contributed by atoms with E-state index < -0.39 is 5.97 Å². The van der Waals surface area contributed by atoms with Crippen LogP contribution in [0.1, 0.15) is 23.6 Å². The van der Waals surface area contributed by atoms with Crippen LogP contribution in [-0.2, 0) is 16.0 Å². The molecule has 3 fully saturated rings. The number of aliphatic carboxylic acids is 1. The Morgan fingerprint density at radius 2 is 2.21 bits per heavy atom. The van der Waals surface area contributed by atoms with Crippen molar-refractivity contribution in [2.45, 2.75) is 43.2 Å². The lowest BCUT2D eigenvalue weighted by Gasteiger charge is -2.51. The standard InChI is InChI=1S/C18H22N2O4/c1-19-12-7-10(18(21)22)16(19)11-6-9-4-3-5-14(23-2)15(9)13-8-24-17(12)20(11)13/h3-5,10-13,16-17H,6-8H2,1-2H3,(H,21,22)/t10-,11+,12+,13+,16-,17-/m0/s1. The van der Waals surface area contributed by atoms with Gasteiger partial charge in [0.1, 0.15) is 12.0 Å². The lowest BCUT2D eigenvalue weighted by molar-refractivity contribution is -0.144. The van der Waals surface area contributed by atoms with E-state index in [0.717, 1.165) is 12.2 Å². The number of benzene rings is 1. The molecule has 1 N–H and O–H groups in total. The van der Waals surface area contributed by atoms with Gasteiger partial charge in [0, 0.05) is 17.6 Å². The van der Waals surface area contributed by atoms with Crippen molar-refractivity contribution in [3.8, 4) is 5.75 Å². The highest BCUT2D eigenvalue weighted by Crippen LogP contribution is 2.52. The Morgan fingerprint density at radius 1 is 1.38 bits per heavy atom. The van der Waals surface area contributed by atoms with Gasteiger partial charge in [-0.25, -0.2) is 0 Å². The molecule has 0 aliphatic carbocycles. The minimum atomic E-state index is -0.677. The van der Waals surface area contributed by atoms with E-state index in [0.29, 0.717) is 13.0 Å². The second-order valence-corrected chi connectivity index (χ2v) is 7.40. The average Bonchev–Trinajstić information content (AvgIpc) is 3.10. The maximum absolute atomic E-state index is 11.8. The zero-order valence-corrected chi connectivity index (χ0v) is 13.9. The van der Waals surface area contributed by atoms with Gasteiger partial charge >= 0.3 is 5.97 Å². The molecule has 2 bridgehead atoms. The van der Waals surface area contributed by atoms with E-state index in [1.165, 1.54) is 11.1 Å². The van der Waals surface area contributed by atoms with Crippen LogP contribution in [0.25, 0.3) is 0 Å². The minimum Gasteiger partial charge on any atom is -0.496 e. The van der Waals surface area contributed by atoms with Crippen LogP contribution in [0.15, 0.2) is 18.2 Å². The van der Waals surface area contributed by atoms with E-state index in [1.54, 1.807) is 7.11 Å². The Bertz CT molecular complexity index is 708. The van der Waals surface area contributed by atoms with Crippen LogP contribution in [0.5, 0.6) is 5.75 Å².